The largest absolute Gasteiger partial charge is 0.494 e. The third kappa shape index (κ3) is 9.04. The molecule has 0 saturated heterocycles. The average molecular weight is 561 g/mol. The molecule has 0 unspecified atom stereocenters. The van der Waals surface area contributed by atoms with Crippen LogP contribution in [0.5, 0.6) is 11.5 Å². The summed E-state index contributed by atoms with van der Waals surface area (Å²) in [6, 6.07) is 30.8. The van der Waals surface area contributed by atoms with E-state index in [1.165, 1.54) is 6.07 Å². The first-order valence-electron chi connectivity index (χ1n) is 14.3. The molecule has 0 aliphatic heterocycles. The highest BCUT2D eigenvalue weighted by Crippen LogP contribution is 2.27. The lowest BCUT2D eigenvalue weighted by Gasteiger charge is -2.08. The predicted molar refractivity (Wildman–Crippen MR) is 161 cm³/mol. The molecule has 0 aliphatic carbocycles. The lowest BCUT2D eigenvalue weighted by atomic mass is 10.0. The lowest BCUT2D eigenvalue weighted by Crippen LogP contribution is -2.07. The Bertz CT molecular complexity index is 1530. The molecule has 0 heterocycles. The molecular weight excluding hydrogens is 527 g/mol. The van der Waals surface area contributed by atoms with Gasteiger partial charge in [0.25, 0.3) is 0 Å². The average Bonchev–Trinajstić information content (AvgIpc) is 3.02. The maximum absolute atomic E-state index is 14.6. The second-order valence-corrected chi connectivity index (χ2v) is 10.1. The van der Waals surface area contributed by atoms with Gasteiger partial charge in [-0.3, -0.25) is 4.79 Å². The summed E-state index contributed by atoms with van der Waals surface area (Å²) in [6.07, 6.45) is 7.36. The summed E-state index contributed by atoms with van der Waals surface area (Å²) in [5, 5.41) is 17.8. The van der Waals surface area contributed by atoms with Gasteiger partial charge in [-0.05, 0) is 78.1 Å². The van der Waals surface area contributed by atoms with Crippen LogP contribution >= 0.6 is 0 Å². The molecule has 0 bridgehead atoms. The summed E-state index contributed by atoms with van der Waals surface area (Å²) in [5.74, 6) is 0.208. The zero-order chi connectivity index (χ0) is 29.6. The smallest absolute Gasteiger partial charge is 0.311 e. The molecule has 212 valence electrons. The fourth-order valence-corrected chi connectivity index (χ4v) is 4.63. The molecule has 0 amide bonds. The van der Waals surface area contributed by atoms with Gasteiger partial charge >= 0.3 is 5.97 Å². The predicted octanol–water partition coefficient (Wildman–Crippen LogP) is 9.01. The zero-order valence-corrected chi connectivity index (χ0v) is 23.5. The van der Waals surface area contributed by atoms with Crippen molar-refractivity contribution in [1.29, 1.82) is 10.5 Å². The van der Waals surface area contributed by atoms with Gasteiger partial charge in [-0.15, -0.1) is 0 Å². The van der Waals surface area contributed by atoms with Gasteiger partial charge in [0.2, 0.25) is 0 Å². The fraction of sp³-hybridized carbons (Fsp3) is 0.250. The topological polar surface area (TPSA) is 83.1 Å². The van der Waals surface area contributed by atoms with Crippen molar-refractivity contribution in [2.45, 2.75) is 51.4 Å². The van der Waals surface area contributed by atoms with E-state index in [9.17, 15) is 9.18 Å². The number of unbranched alkanes of at least 4 members (excludes halogenated alkanes) is 6. The van der Waals surface area contributed by atoms with E-state index < -0.39 is 5.82 Å². The van der Waals surface area contributed by atoms with E-state index in [1.54, 1.807) is 36.4 Å². The standard InChI is InChI=1S/C36H33FN2O3/c37-35-24-33(21-22-34(35)31-15-11-28(26-39)12-16-31)42-36(40)8-6-4-2-1-3-5-7-23-41-32-19-17-30(18-20-32)29-13-9-27(25-38)10-14-29/h9-22,24H,1-8,23H2. The van der Waals surface area contributed by atoms with Crippen molar-refractivity contribution in [3.8, 4) is 45.9 Å². The number of nitriles is 2. The van der Waals surface area contributed by atoms with Crippen molar-refractivity contribution in [2.24, 2.45) is 0 Å². The van der Waals surface area contributed by atoms with Crippen molar-refractivity contribution >= 4 is 5.97 Å². The van der Waals surface area contributed by atoms with E-state index in [-0.39, 0.29) is 11.7 Å². The summed E-state index contributed by atoms with van der Waals surface area (Å²) >= 11 is 0. The highest BCUT2D eigenvalue weighted by atomic mass is 19.1. The van der Waals surface area contributed by atoms with E-state index >= 15 is 0 Å². The van der Waals surface area contributed by atoms with E-state index in [0.29, 0.717) is 35.3 Å². The first-order chi connectivity index (χ1) is 20.6. The highest BCUT2D eigenvalue weighted by Gasteiger charge is 2.10. The van der Waals surface area contributed by atoms with Crippen LogP contribution < -0.4 is 9.47 Å². The Morgan fingerprint density at radius 2 is 1.12 bits per heavy atom. The fourth-order valence-electron chi connectivity index (χ4n) is 4.63. The molecule has 6 heteroatoms. The Morgan fingerprint density at radius 1 is 0.619 bits per heavy atom. The van der Waals surface area contributed by atoms with Crippen molar-refractivity contribution < 1.29 is 18.7 Å². The second-order valence-electron chi connectivity index (χ2n) is 10.1. The van der Waals surface area contributed by atoms with Crippen molar-refractivity contribution in [3.05, 3.63) is 108 Å². The molecule has 0 spiro atoms. The second kappa shape index (κ2) is 15.7. The third-order valence-electron chi connectivity index (χ3n) is 6.99. The maximum atomic E-state index is 14.6. The van der Waals surface area contributed by atoms with E-state index in [2.05, 4.69) is 6.07 Å². The number of benzene rings is 4. The molecule has 4 aromatic rings. The molecule has 0 N–H and O–H groups in total. The molecule has 5 nitrogen and oxygen atoms in total. The zero-order valence-electron chi connectivity index (χ0n) is 23.5. The number of carbonyl (C=O) groups is 1. The summed E-state index contributed by atoms with van der Waals surface area (Å²) in [7, 11) is 0. The first-order valence-corrected chi connectivity index (χ1v) is 14.3. The Hall–Kier alpha value is -4.94. The molecule has 0 saturated carbocycles. The molecule has 0 fully saturated rings. The van der Waals surface area contributed by atoms with Crippen LogP contribution in [-0.2, 0) is 4.79 Å². The summed E-state index contributed by atoms with van der Waals surface area (Å²) < 4.78 is 25.8. The molecule has 0 radical (unpaired) electrons. The summed E-state index contributed by atoms with van der Waals surface area (Å²) in [6.45, 7) is 0.678. The molecule has 0 atom stereocenters. The van der Waals surface area contributed by atoms with E-state index in [0.717, 1.165) is 61.8 Å². The van der Waals surface area contributed by atoms with Gasteiger partial charge in [0.05, 0.1) is 29.9 Å². The molecule has 4 rings (SSSR count). The Morgan fingerprint density at radius 3 is 1.69 bits per heavy atom. The normalized spacial score (nSPS) is 10.5. The van der Waals surface area contributed by atoms with Crippen LogP contribution in [0, 0.1) is 28.5 Å². The van der Waals surface area contributed by atoms with Gasteiger partial charge in [0.15, 0.2) is 0 Å². The molecular formula is C36H33FN2O3. The Balaban J connectivity index is 1.04. The number of esters is 1. The number of halogens is 1. The number of ether oxygens (including phenoxy) is 2. The summed E-state index contributed by atoms with van der Waals surface area (Å²) in [5.41, 5.74) is 4.36. The van der Waals surface area contributed by atoms with Gasteiger partial charge in [-0.1, -0.05) is 68.5 Å². The number of nitrogens with zero attached hydrogens (tertiary/aromatic N) is 2. The monoisotopic (exact) mass is 560 g/mol. The maximum Gasteiger partial charge on any atom is 0.311 e. The molecule has 0 aliphatic rings. The number of hydrogen-bond acceptors (Lipinski definition) is 5. The van der Waals surface area contributed by atoms with Gasteiger partial charge in [0, 0.05) is 18.1 Å². The molecule has 42 heavy (non-hydrogen) atoms. The van der Waals surface area contributed by atoms with Crippen LogP contribution in [0.15, 0.2) is 91.0 Å². The van der Waals surface area contributed by atoms with E-state index in [4.69, 9.17) is 20.0 Å². The minimum Gasteiger partial charge on any atom is -0.494 e. The number of hydrogen-bond donors (Lipinski definition) is 0. The highest BCUT2D eigenvalue weighted by molar-refractivity contribution is 5.73. The van der Waals surface area contributed by atoms with Crippen LogP contribution in [0.2, 0.25) is 0 Å². The number of rotatable bonds is 14. The number of carbonyl (C=O) groups excluding carboxylic acids is 1. The van der Waals surface area contributed by atoms with Crippen LogP contribution in [0.4, 0.5) is 4.39 Å². The van der Waals surface area contributed by atoms with Crippen LogP contribution in [0.25, 0.3) is 22.3 Å². The van der Waals surface area contributed by atoms with Gasteiger partial charge in [-0.2, -0.15) is 10.5 Å². The van der Waals surface area contributed by atoms with Crippen molar-refractivity contribution in [1.82, 2.24) is 0 Å². The van der Waals surface area contributed by atoms with Gasteiger partial charge in [0.1, 0.15) is 17.3 Å². The Kier molecular flexibility index (Phi) is 11.3. The SMILES string of the molecule is N#Cc1ccc(-c2ccc(OCCCCCCCCCC(=O)Oc3ccc(-c4ccc(C#N)cc4)c(F)c3)cc2)cc1. The first kappa shape index (κ1) is 30.0. The van der Waals surface area contributed by atoms with Crippen LogP contribution in [0.1, 0.15) is 62.5 Å². The van der Waals surface area contributed by atoms with Crippen molar-refractivity contribution in [2.75, 3.05) is 6.61 Å². The minimum atomic E-state index is -0.479. The van der Waals surface area contributed by atoms with Crippen LogP contribution in [0.3, 0.4) is 0 Å². The van der Waals surface area contributed by atoms with Gasteiger partial charge in [-0.25, -0.2) is 4.39 Å². The van der Waals surface area contributed by atoms with Gasteiger partial charge < -0.3 is 9.47 Å². The minimum absolute atomic E-state index is 0.194. The lowest BCUT2D eigenvalue weighted by molar-refractivity contribution is -0.134. The van der Waals surface area contributed by atoms with Crippen molar-refractivity contribution in [3.63, 3.8) is 0 Å². The van der Waals surface area contributed by atoms with Crippen LogP contribution in [-0.4, -0.2) is 12.6 Å². The van der Waals surface area contributed by atoms with E-state index in [1.807, 2.05) is 54.6 Å². The summed E-state index contributed by atoms with van der Waals surface area (Å²) in [4.78, 5) is 12.2. The molecule has 4 aromatic carbocycles. The molecule has 0 aromatic heterocycles. The quantitative estimate of drug-likeness (QED) is 0.0873. The third-order valence-corrected chi connectivity index (χ3v) is 6.99. The Labute approximate surface area is 246 Å².